The molecule has 0 saturated carbocycles. The molecule has 2 rings (SSSR count). The highest BCUT2D eigenvalue weighted by molar-refractivity contribution is 5.93. The number of anilines is 1. The summed E-state index contributed by atoms with van der Waals surface area (Å²) >= 11 is 0. The van der Waals surface area contributed by atoms with E-state index in [1.165, 1.54) is 12.4 Å². The van der Waals surface area contributed by atoms with Crippen LogP contribution in [-0.4, -0.2) is 46.9 Å². The number of carbonyl (C=O) groups is 1. The summed E-state index contributed by atoms with van der Waals surface area (Å²) in [5, 5.41) is 12.8. The molecule has 1 saturated heterocycles. The van der Waals surface area contributed by atoms with Gasteiger partial charge in [0.1, 0.15) is 6.04 Å². The van der Waals surface area contributed by atoms with Gasteiger partial charge in [-0.3, -0.25) is 10.1 Å². The minimum atomic E-state index is -0.345. The molecule has 7 heteroatoms. The summed E-state index contributed by atoms with van der Waals surface area (Å²) in [5.41, 5.74) is 0. The zero-order valence-electron chi connectivity index (χ0n) is 8.01. The molecule has 1 aliphatic rings. The van der Waals surface area contributed by atoms with Crippen LogP contribution in [0.5, 0.6) is 0 Å². The molecule has 1 fully saturated rings. The van der Waals surface area contributed by atoms with Gasteiger partial charge in [0.25, 0.3) is 0 Å². The largest absolute Gasteiger partial charge is 0.378 e. The van der Waals surface area contributed by atoms with E-state index in [9.17, 15) is 4.79 Å². The average molecular weight is 209 g/mol. The number of morpholine rings is 1. The molecule has 1 unspecified atom stereocenters. The third-order valence-corrected chi connectivity index (χ3v) is 1.96. The lowest BCUT2D eigenvalue weighted by Crippen LogP contribution is -2.49. The summed E-state index contributed by atoms with van der Waals surface area (Å²) in [7, 11) is 0. The van der Waals surface area contributed by atoms with Crippen molar-refractivity contribution in [2.75, 3.05) is 25.1 Å². The monoisotopic (exact) mass is 209 g/mol. The second-order valence-electron chi connectivity index (χ2n) is 3.04. The van der Waals surface area contributed by atoms with Crippen molar-refractivity contribution >= 4 is 11.9 Å². The Balaban J connectivity index is 1.91. The molecule has 80 valence electrons. The normalized spacial score (nSPS) is 20.9. The van der Waals surface area contributed by atoms with E-state index in [2.05, 4.69) is 25.8 Å². The predicted octanol–water partition coefficient (Wildman–Crippen LogP) is -1.20. The van der Waals surface area contributed by atoms with Gasteiger partial charge in [0.2, 0.25) is 11.9 Å². The first-order valence-electron chi connectivity index (χ1n) is 4.62. The number of rotatable bonds is 2. The molecule has 1 aliphatic heterocycles. The molecule has 0 aliphatic carbocycles. The molecule has 2 N–H and O–H groups in total. The third kappa shape index (κ3) is 2.67. The lowest BCUT2D eigenvalue weighted by Gasteiger charge is -2.22. The van der Waals surface area contributed by atoms with E-state index in [0.717, 1.165) is 0 Å². The van der Waals surface area contributed by atoms with Crippen molar-refractivity contribution in [3.8, 4) is 0 Å². The Bertz CT molecular complexity index is 325. The van der Waals surface area contributed by atoms with Gasteiger partial charge in [0.15, 0.2) is 0 Å². The lowest BCUT2D eigenvalue weighted by atomic mass is 10.2. The molecule has 7 nitrogen and oxygen atoms in total. The Kier molecular flexibility index (Phi) is 3.15. The molecular formula is C8H11N5O2. The minimum absolute atomic E-state index is 0.204. The standard InChI is InChI=1S/C8H11N5O2/c14-7(6-5-15-4-3-9-6)12-8-10-1-2-11-13-8/h1-2,6,9H,3-5H2,(H,10,12,13,14). The van der Waals surface area contributed by atoms with Gasteiger partial charge in [-0.1, -0.05) is 0 Å². The summed E-state index contributed by atoms with van der Waals surface area (Å²) in [5.74, 6) is -0.00225. The average Bonchev–Trinajstić information content (AvgIpc) is 2.31. The first-order valence-corrected chi connectivity index (χ1v) is 4.62. The highest BCUT2D eigenvalue weighted by atomic mass is 16.5. The maximum absolute atomic E-state index is 11.6. The van der Waals surface area contributed by atoms with Crippen LogP contribution < -0.4 is 10.6 Å². The van der Waals surface area contributed by atoms with Crippen molar-refractivity contribution in [3.63, 3.8) is 0 Å². The summed E-state index contributed by atoms with van der Waals surface area (Å²) in [4.78, 5) is 15.4. The number of amides is 1. The molecule has 0 bridgehead atoms. The van der Waals surface area contributed by atoms with Crippen molar-refractivity contribution < 1.29 is 9.53 Å². The van der Waals surface area contributed by atoms with Gasteiger partial charge in [-0.25, -0.2) is 4.98 Å². The van der Waals surface area contributed by atoms with Crippen molar-refractivity contribution in [3.05, 3.63) is 12.4 Å². The number of ether oxygens (including phenoxy) is 1. The fraction of sp³-hybridized carbons (Fsp3) is 0.500. The molecule has 1 atom stereocenters. The van der Waals surface area contributed by atoms with E-state index in [0.29, 0.717) is 19.8 Å². The Morgan fingerprint density at radius 2 is 2.53 bits per heavy atom. The van der Waals surface area contributed by atoms with Crippen LogP contribution in [-0.2, 0) is 9.53 Å². The van der Waals surface area contributed by atoms with Gasteiger partial charge in [-0.2, -0.15) is 5.10 Å². The Morgan fingerprint density at radius 3 is 3.20 bits per heavy atom. The van der Waals surface area contributed by atoms with E-state index in [-0.39, 0.29) is 17.9 Å². The topological polar surface area (TPSA) is 89.0 Å². The smallest absolute Gasteiger partial charge is 0.249 e. The quantitative estimate of drug-likeness (QED) is 0.636. The van der Waals surface area contributed by atoms with Gasteiger partial charge in [0, 0.05) is 6.54 Å². The summed E-state index contributed by atoms with van der Waals surface area (Å²) in [6.07, 6.45) is 2.91. The first kappa shape index (κ1) is 9.94. The minimum Gasteiger partial charge on any atom is -0.378 e. The number of hydrogen-bond acceptors (Lipinski definition) is 6. The fourth-order valence-corrected chi connectivity index (χ4v) is 1.24. The van der Waals surface area contributed by atoms with Gasteiger partial charge in [-0.15, -0.1) is 5.10 Å². The molecule has 0 aromatic carbocycles. The van der Waals surface area contributed by atoms with E-state index in [1.54, 1.807) is 0 Å². The zero-order chi connectivity index (χ0) is 10.5. The van der Waals surface area contributed by atoms with Gasteiger partial charge in [-0.05, 0) is 0 Å². The maximum atomic E-state index is 11.6. The van der Waals surface area contributed by atoms with Crippen LogP contribution in [0, 0.1) is 0 Å². The Hall–Kier alpha value is -1.60. The molecule has 0 radical (unpaired) electrons. The fourth-order valence-electron chi connectivity index (χ4n) is 1.24. The lowest BCUT2D eigenvalue weighted by molar-refractivity contribution is -0.120. The second-order valence-corrected chi connectivity index (χ2v) is 3.04. The molecular weight excluding hydrogens is 198 g/mol. The van der Waals surface area contributed by atoms with Gasteiger partial charge in [0.05, 0.1) is 25.6 Å². The van der Waals surface area contributed by atoms with Crippen molar-refractivity contribution in [1.82, 2.24) is 20.5 Å². The number of nitrogens with one attached hydrogen (secondary N) is 2. The molecule has 0 spiro atoms. The van der Waals surface area contributed by atoms with Crippen molar-refractivity contribution in [2.24, 2.45) is 0 Å². The summed E-state index contributed by atoms with van der Waals surface area (Å²) in [6, 6.07) is -0.345. The van der Waals surface area contributed by atoms with E-state index < -0.39 is 0 Å². The molecule has 15 heavy (non-hydrogen) atoms. The third-order valence-electron chi connectivity index (χ3n) is 1.96. The molecule has 1 amide bonds. The second kappa shape index (κ2) is 4.76. The van der Waals surface area contributed by atoms with Crippen LogP contribution >= 0.6 is 0 Å². The van der Waals surface area contributed by atoms with Crippen LogP contribution in [0.2, 0.25) is 0 Å². The van der Waals surface area contributed by atoms with E-state index in [1.807, 2.05) is 0 Å². The zero-order valence-corrected chi connectivity index (χ0v) is 8.01. The van der Waals surface area contributed by atoms with Gasteiger partial charge < -0.3 is 10.1 Å². The Morgan fingerprint density at radius 1 is 1.60 bits per heavy atom. The van der Waals surface area contributed by atoms with Crippen LogP contribution in [0.15, 0.2) is 12.4 Å². The highest BCUT2D eigenvalue weighted by Crippen LogP contribution is 1.98. The van der Waals surface area contributed by atoms with Crippen LogP contribution in [0.4, 0.5) is 5.95 Å². The number of hydrogen-bond donors (Lipinski definition) is 2. The molecule has 1 aromatic heterocycles. The van der Waals surface area contributed by atoms with Crippen molar-refractivity contribution in [1.29, 1.82) is 0 Å². The Labute approximate surface area is 86.3 Å². The van der Waals surface area contributed by atoms with Crippen molar-refractivity contribution in [2.45, 2.75) is 6.04 Å². The van der Waals surface area contributed by atoms with E-state index >= 15 is 0 Å². The first-order chi connectivity index (χ1) is 7.36. The molecule has 1 aromatic rings. The van der Waals surface area contributed by atoms with Gasteiger partial charge >= 0.3 is 0 Å². The van der Waals surface area contributed by atoms with Crippen LogP contribution in [0.1, 0.15) is 0 Å². The summed E-state index contributed by atoms with van der Waals surface area (Å²) < 4.78 is 5.16. The SMILES string of the molecule is O=C(Nc1nccnn1)C1COCCN1. The number of aromatic nitrogens is 3. The predicted molar refractivity (Wildman–Crippen MR) is 51.1 cm³/mol. The number of carbonyl (C=O) groups excluding carboxylic acids is 1. The molecule has 2 heterocycles. The number of nitrogens with zero attached hydrogens (tertiary/aromatic N) is 3. The van der Waals surface area contributed by atoms with Crippen LogP contribution in [0.3, 0.4) is 0 Å². The summed E-state index contributed by atoms with van der Waals surface area (Å²) in [6.45, 7) is 1.67. The maximum Gasteiger partial charge on any atom is 0.249 e. The highest BCUT2D eigenvalue weighted by Gasteiger charge is 2.21. The van der Waals surface area contributed by atoms with E-state index in [4.69, 9.17) is 4.74 Å². The van der Waals surface area contributed by atoms with Crippen LogP contribution in [0.25, 0.3) is 0 Å².